The summed E-state index contributed by atoms with van der Waals surface area (Å²) in [5, 5.41) is 14.0. The number of para-hydroxylation sites is 1. The second-order valence-corrected chi connectivity index (χ2v) is 9.25. The maximum absolute atomic E-state index is 12.3. The van der Waals surface area contributed by atoms with Gasteiger partial charge in [-0.15, -0.1) is 11.3 Å². The Morgan fingerprint density at radius 1 is 1.43 bits per heavy atom. The lowest BCUT2D eigenvalue weighted by atomic mass is 10.0. The quantitative estimate of drug-likeness (QED) is 0.594. The second-order valence-electron chi connectivity index (χ2n) is 7.05. The van der Waals surface area contributed by atoms with Crippen LogP contribution >= 0.6 is 23.1 Å². The van der Waals surface area contributed by atoms with Gasteiger partial charge in [0.25, 0.3) is 0 Å². The Hall–Kier alpha value is -2.06. The number of aromatic nitrogens is 1. The molecule has 150 valence electrons. The van der Waals surface area contributed by atoms with Crippen LogP contribution in [-0.2, 0) is 4.79 Å². The Morgan fingerprint density at radius 3 is 2.93 bits per heavy atom. The molecule has 2 N–H and O–H groups in total. The maximum Gasteiger partial charge on any atom is 0.355 e. The van der Waals surface area contributed by atoms with Crippen LogP contribution < -0.4 is 5.32 Å². The van der Waals surface area contributed by atoms with Crippen LogP contribution in [0, 0.1) is 0 Å². The molecular formula is C20H25N3O3S2. The van der Waals surface area contributed by atoms with E-state index in [0.717, 1.165) is 23.0 Å². The summed E-state index contributed by atoms with van der Waals surface area (Å²) in [6.45, 7) is 5.74. The molecule has 1 aromatic carbocycles. The Bertz CT molecular complexity index is 838. The summed E-state index contributed by atoms with van der Waals surface area (Å²) in [7, 11) is 0. The molecule has 1 atom stereocenters. The smallest absolute Gasteiger partial charge is 0.355 e. The minimum absolute atomic E-state index is 0.0793. The van der Waals surface area contributed by atoms with Gasteiger partial charge >= 0.3 is 5.97 Å². The van der Waals surface area contributed by atoms with E-state index in [1.54, 1.807) is 5.38 Å². The molecule has 2 aromatic rings. The summed E-state index contributed by atoms with van der Waals surface area (Å²) in [4.78, 5) is 29.2. The number of carbonyl (C=O) groups excluding carboxylic acids is 1. The zero-order valence-corrected chi connectivity index (χ0v) is 17.7. The number of carbonyl (C=O) groups is 2. The number of hydrogen-bond donors (Lipinski definition) is 2. The van der Waals surface area contributed by atoms with Gasteiger partial charge in [-0.1, -0.05) is 43.8 Å². The molecule has 1 aromatic heterocycles. The van der Waals surface area contributed by atoms with Gasteiger partial charge in [0.1, 0.15) is 0 Å². The predicted octanol–water partition coefficient (Wildman–Crippen LogP) is 4.16. The molecule has 0 spiro atoms. The minimum Gasteiger partial charge on any atom is -0.476 e. The molecule has 0 saturated carbocycles. The standard InChI is InChI=1S/C20H25N3O3S2/c1-13(2)15-5-3-4-6-16(15)21-11-14-7-8-18(24)23(14)9-10-27-20-22-17(12-28-20)19(25)26/h3-6,12-14,21H,7-11H2,1-2H3,(H,25,26)/t14-/m1/s1. The van der Waals surface area contributed by atoms with Crippen molar-refractivity contribution < 1.29 is 14.7 Å². The molecule has 1 aliphatic heterocycles. The van der Waals surface area contributed by atoms with E-state index in [-0.39, 0.29) is 17.6 Å². The number of likely N-dealkylation sites (tertiary alicyclic amines) is 1. The van der Waals surface area contributed by atoms with Crippen LogP contribution in [0.3, 0.4) is 0 Å². The topological polar surface area (TPSA) is 82.5 Å². The molecule has 1 amide bonds. The van der Waals surface area contributed by atoms with Crippen LogP contribution in [0.15, 0.2) is 34.0 Å². The van der Waals surface area contributed by atoms with Crippen molar-refractivity contribution in [2.24, 2.45) is 0 Å². The van der Waals surface area contributed by atoms with E-state index in [1.165, 1.54) is 28.7 Å². The van der Waals surface area contributed by atoms with Crippen molar-refractivity contribution in [2.45, 2.75) is 43.0 Å². The van der Waals surface area contributed by atoms with E-state index in [1.807, 2.05) is 11.0 Å². The monoisotopic (exact) mass is 419 g/mol. The molecule has 0 bridgehead atoms. The fraction of sp³-hybridized carbons (Fsp3) is 0.450. The van der Waals surface area contributed by atoms with Gasteiger partial charge in [0.05, 0.1) is 0 Å². The van der Waals surface area contributed by atoms with E-state index in [9.17, 15) is 9.59 Å². The SMILES string of the molecule is CC(C)c1ccccc1NC[C@H]1CCC(=O)N1CCSc1nc(C(=O)O)cs1. The first-order chi connectivity index (χ1) is 13.5. The third kappa shape index (κ3) is 5.05. The zero-order valence-electron chi connectivity index (χ0n) is 16.1. The van der Waals surface area contributed by atoms with Gasteiger partial charge in [0.15, 0.2) is 10.0 Å². The van der Waals surface area contributed by atoms with Gasteiger partial charge in [-0.2, -0.15) is 0 Å². The first-order valence-electron chi connectivity index (χ1n) is 9.39. The predicted molar refractivity (Wildman–Crippen MR) is 114 cm³/mol. The molecule has 6 nitrogen and oxygen atoms in total. The van der Waals surface area contributed by atoms with Crippen LogP contribution in [0.2, 0.25) is 0 Å². The highest BCUT2D eigenvalue weighted by Gasteiger charge is 2.30. The maximum atomic E-state index is 12.3. The Morgan fingerprint density at radius 2 is 2.21 bits per heavy atom. The summed E-state index contributed by atoms with van der Waals surface area (Å²) in [6.07, 6.45) is 1.45. The van der Waals surface area contributed by atoms with Crippen molar-refractivity contribution in [1.82, 2.24) is 9.88 Å². The molecule has 3 rings (SSSR count). The van der Waals surface area contributed by atoms with Crippen molar-refractivity contribution in [2.75, 3.05) is 24.2 Å². The lowest BCUT2D eigenvalue weighted by molar-refractivity contribution is -0.128. The molecule has 8 heteroatoms. The summed E-state index contributed by atoms with van der Waals surface area (Å²) < 4.78 is 0.726. The highest BCUT2D eigenvalue weighted by atomic mass is 32.2. The number of nitrogens with zero attached hydrogens (tertiary/aromatic N) is 2. The lowest BCUT2D eigenvalue weighted by Gasteiger charge is -2.26. The average molecular weight is 420 g/mol. The number of hydrogen-bond acceptors (Lipinski definition) is 6. The van der Waals surface area contributed by atoms with Crippen LogP contribution in [-0.4, -0.2) is 51.8 Å². The van der Waals surface area contributed by atoms with Crippen molar-refractivity contribution in [3.05, 3.63) is 40.9 Å². The van der Waals surface area contributed by atoms with E-state index >= 15 is 0 Å². The van der Waals surface area contributed by atoms with Crippen molar-refractivity contribution >= 4 is 40.7 Å². The van der Waals surface area contributed by atoms with Gasteiger partial charge < -0.3 is 15.3 Å². The number of anilines is 1. The molecule has 1 aliphatic rings. The number of amides is 1. The van der Waals surface area contributed by atoms with Crippen molar-refractivity contribution in [1.29, 1.82) is 0 Å². The number of thiazole rings is 1. The summed E-state index contributed by atoms with van der Waals surface area (Å²) in [5.74, 6) is 0.327. The summed E-state index contributed by atoms with van der Waals surface area (Å²) >= 11 is 2.83. The van der Waals surface area contributed by atoms with E-state index < -0.39 is 5.97 Å². The number of nitrogens with one attached hydrogen (secondary N) is 1. The number of aromatic carboxylic acids is 1. The van der Waals surface area contributed by atoms with E-state index in [2.05, 4.69) is 42.3 Å². The van der Waals surface area contributed by atoms with Gasteiger partial charge in [-0.25, -0.2) is 9.78 Å². The van der Waals surface area contributed by atoms with E-state index in [0.29, 0.717) is 24.6 Å². The van der Waals surface area contributed by atoms with Crippen LogP contribution in [0.25, 0.3) is 0 Å². The Balaban J connectivity index is 1.53. The lowest BCUT2D eigenvalue weighted by Crippen LogP contribution is -2.39. The molecule has 28 heavy (non-hydrogen) atoms. The Kier molecular flexibility index (Phi) is 6.96. The van der Waals surface area contributed by atoms with Gasteiger partial charge in [-0.05, 0) is 24.0 Å². The first kappa shape index (κ1) is 20.7. The third-order valence-electron chi connectivity index (χ3n) is 4.82. The Labute approximate surface area is 173 Å². The molecule has 1 saturated heterocycles. The highest BCUT2D eigenvalue weighted by molar-refractivity contribution is 8.01. The number of benzene rings is 1. The van der Waals surface area contributed by atoms with E-state index in [4.69, 9.17) is 5.11 Å². The molecule has 0 unspecified atom stereocenters. The number of carboxylic acids is 1. The number of rotatable bonds is 9. The highest BCUT2D eigenvalue weighted by Crippen LogP contribution is 2.27. The summed E-state index contributed by atoms with van der Waals surface area (Å²) in [6, 6.07) is 8.49. The van der Waals surface area contributed by atoms with Crippen molar-refractivity contribution in [3.8, 4) is 0 Å². The molecular weight excluding hydrogens is 394 g/mol. The fourth-order valence-electron chi connectivity index (χ4n) is 3.36. The molecule has 0 radical (unpaired) electrons. The first-order valence-corrected chi connectivity index (χ1v) is 11.3. The average Bonchev–Trinajstić information content (AvgIpc) is 3.28. The number of thioether (sulfide) groups is 1. The van der Waals surface area contributed by atoms with Gasteiger partial charge in [0.2, 0.25) is 5.91 Å². The van der Waals surface area contributed by atoms with Crippen LogP contribution in [0.5, 0.6) is 0 Å². The fourth-order valence-corrected chi connectivity index (χ4v) is 5.16. The normalized spacial score (nSPS) is 16.8. The molecule has 1 fully saturated rings. The van der Waals surface area contributed by atoms with Crippen molar-refractivity contribution in [3.63, 3.8) is 0 Å². The minimum atomic E-state index is -1.01. The zero-order chi connectivity index (χ0) is 20.1. The summed E-state index contributed by atoms with van der Waals surface area (Å²) in [5.41, 5.74) is 2.50. The third-order valence-corrected chi connectivity index (χ3v) is 6.82. The second kappa shape index (κ2) is 9.43. The van der Waals surface area contributed by atoms with Crippen LogP contribution in [0.4, 0.5) is 5.69 Å². The largest absolute Gasteiger partial charge is 0.476 e. The van der Waals surface area contributed by atoms with Gasteiger partial charge in [0, 0.05) is 42.4 Å². The van der Waals surface area contributed by atoms with Crippen LogP contribution in [0.1, 0.15) is 48.7 Å². The van der Waals surface area contributed by atoms with Gasteiger partial charge in [-0.3, -0.25) is 4.79 Å². The molecule has 2 heterocycles. The molecule has 0 aliphatic carbocycles. The number of carboxylic acid groups (broad SMARTS) is 1.